The van der Waals surface area contributed by atoms with Gasteiger partial charge >= 0.3 is 0 Å². The molecule has 0 bridgehead atoms. The van der Waals surface area contributed by atoms with Crippen molar-refractivity contribution in [3.8, 4) is 0 Å². The van der Waals surface area contributed by atoms with Gasteiger partial charge in [-0.3, -0.25) is 9.69 Å². The van der Waals surface area contributed by atoms with Crippen LogP contribution in [0.2, 0.25) is 0 Å². The molecule has 82 valence electrons. The molecule has 3 nitrogen and oxygen atoms in total. The molecule has 0 spiro atoms. The average molecular weight is 225 g/mol. The Labute approximate surface area is 93.7 Å². The Morgan fingerprint density at radius 3 is 2.93 bits per heavy atom. The van der Waals surface area contributed by atoms with Crippen LogP contribution in [0.4, 0.5) is 0 Å². The number of rotatable bonds is 4. The SMILES string of the molecule is O=C(Cc1ccsc1)CN1CCOCC1. The van der Waals surface area contributed by atoms with E-state index in [-0.39, 0.29) is 0 Å². The van der Waals surface area contributed by atoms with Gasteiger partial charge in [0.2, 0.25) is 0 Å². The van der Waals surface area contributed by atoms with Gasteiger partial charge in [-0.1, -0.05) is 0 Å². The highest BCUT2D eigenvalue weighted by Crippen LogP contribution is 2.07. The third-order valence-electron chi connectivity index (χ3n) is 2.49. The van der Waals surface area contributed by atoms with E-state index in [0.29, 0.717) is 18.7 Å². The van der Waals surface area contributed by atoms with Crippen molar-refractivity contribution >= 4 is 17.1 Å². The first-order chi connectivity index (χ1) is 7.34. The van der Waals surface area contributed by atoms with Crippen LogP contribution in [-0.2, 0) is 16.0 Å². The van der Waals surface area contributed by atoms with Crippen LogP contribution in [0.25, 0.3) is 0 Å². The first kappa shape index (κ1) is 10.8. The van der Waals surface area contributed by atoms with Gasteiger partial charge in [0.05, 0.1) is 19.8 Å². The van der Waals surface area contributed by atoms with E-state index >= 15 is 0 Å². The molecule has 1 aliphatic rings. The molecule has 1 aromatic rings. The lowest BCUT2D eigenvalue weighted by Gasteiger charge is -2.25. The molecule has 0 atom stereocenters. The molecule has 4 heteroatoms. The smallest absolute Gasteiger partial charge is 0.151 e. The number of carbonyl (C=O) groups is 1. The average Bonchev–Trinajstić information content (AvgIpc) is 2.71. The summed E-state index contributed by atoms with van der Waals surface area (Å²) < 4.78 is 5.24. The van der Waals surface area contributed by atoms with Crippen molar-refractivity contribution in [1.29, 1.82) is 0 Å². The van der Waals surface area contributed by atoms with Crippen molar-refractivity contribution in [2.24, 2.45) is 0 Å². The molecule has 2 rings (SSSR count). The van der Waals surface area contributed by atoms with Gasteiger partial charge in [0.1, 0.15) is 0 Å². The van der Waals surface area contributed by atoms with Crippen molar-refractivity contribution in [2.75, 3.05) is 32.8 Å². The minimum atomic E-state index is 0.301. The number of ether oxygens (including phenoxy) is 1. The molecule has 0 aromatic carbocycles. The number of ketones is 1. The molecular formula is C11H15NO2S. The van der Waals surface area contributed by atoms with E-state index in [1.54, 1.807) is 11.3 Å². The number of nitrogens with zero attached hydrogens (tertiary/aromatic N) is 1. The molecule has 1 aliphatic heterocycles. The molecule has 15 heavy (non-hydrogen) atoms. The Morgan fingerprint density at radius 2 is 2.27 bits per heavy atom. The van der Waals surface area contributed by atoms with Gasteiger partial charge < -0.3 is 4.74 Å². The fourth-order valence-corrected chi connectivity index (χ4v) is 2.35. The second kappa shape index (κ2) is 5.39. The van der Waals surface area contributed by atoms with Crippen LogP contribution in [-0.4, -0.2) is 43.5 Å². The summed E-state index contributed by atoms with van der Waals surface area (Å²) in [4.78, 5) is 13.9. The summed E-state index contributed by atoms with van der Waals surface area (Å²) in [6.07, 6.45) is 0.570. The van der Waals surface area contributed by atoms with Crippen molar-refractivity contribution in [3.63, 3.8) is 0 Å². The molecule has 0 amide bonds. The summed E-state index contributed by atoms with van der Waals surface area (Å²) in [5.41, 5.74) is 1.14. The van der Waals surface area contributed by atoms with E-state index in [9.17, 15) is 4.79 Å². The Kier molecular flexibility index (Phi) is 3.88. The molecule has 0 unspecified atom stereocenters. The van der Waals surface area contributed by atoms with Gasteiger partial charge in [-0.05, 0) is 22.4 Å². The number of morpholine rings is 1. The maximum absolute atomic E-state index is 11.7. The third-order valence-corrected chi connectivity index (χ3v) is 3.22. The third kappa shape index (κ3) is 3.41. The van der Waals surface area contributed by atoms with Crippen molar-refractivity contribution in [2.45, 2.75) is 6.42 Å². The molecule has 0 radical (unpaired) electrons. The Bertz CT molecular complexity index is 304. The Balaban J connectivity index is 1.76. The van der Waals surface area contributed by atoms with Gasteiger partial charge in [0.15, 0.2) is 5.78 Å². The van der Waals surface area contributed by atoms with Crippen LogP contribution in [0, 0.1) is 0 Å². The highest BCUT2D eigenvalue weighted by atomic mass is 32.1. The Morgan fingerprint density at radius 1 is 1.47 bits per heavy atom. The molecule has 0 saturated carbocycles. The molecule has 2 heterocycles. The fraction of sp³-hybridized carbons (Fsp3) is 0.545. The topological polar surface area (TPSA) is 29.5 Å². The number of hydrogen-bond donors (Lipinski definition) is 0. The van der Waals surface area contributed by atoms with Crippen molar-refractivity contribution in [1.82, 2.24) is 4.90 Å². The van der Waals surface area contributed by atoms with Crippen LogP contribution in [0.3, 0.4) is 0 Å². The quantitative estimate of drug-likeness (QED) is 0.771. The molecular weight excluding hydrogens is 210 g/mol. The van der Waals surface area contributed by atoms with E-state index in [1.165, 1.54) is 0 Å². The van der Waals surface area contributed by atoms with Gasteiger partial charge in [-0.2, -0.15) is 11.3 Å². The first-order valence-corrected chi connectivity index (χ1v) is 6.12. The van der Waals surface area contributed by atoms with E-state index in [2.05, 4.69) is 4.90 Å². The zero-order chi connectivity index (χ0) is 10.5. The fourth-order valence-electron chi connectivity index (χ4n) is 1.69. The molecule has 1 fully saturated rings. The summed E-state index contributed by atoms with van der Waals surface area (Å²) in [5, 5.41) is 4.05. The predicted molar refractivity (Wildman–Crippen MR) is 60.3 cm³/mol. The highest BCUT2D eigenvalue weighted by molar-refractivity contribution is 7.07. The monoisotopic (exact) mass is 225 g/mol. The normalized spacial score (nSPS) is 17.9. The van der Waals surface area contributed by atoms with Crippen molar-refractivity contribution in [3.05, 3.63) is 22.4 Å². The second-order valence-electron chi connectivity index (χ2n) is 3.74. The summed E-state index contributed by atoms with van der Waals surface area (Å²) in [7, 11) is 0. The predicted octanol–water partition coefficient (Wildman–Crippen LogP) is 1.19. The van der Waals surface area contributed by atoms with Crippen LogP contribution in [0.15, 0.2) is 16.8 Å². The van der Waals surface area contributed by atoms with E-state index < -0.39 is 0 Å². The molecule has 1 saturated heterocycles. The molecule has 1 aromatic heterocycles. The van der Waals surface area contributed by atoms with Crippen LogP contribution < -0.4 is 0 Å². The first-order valence-electron chi connectivity index (χ1n) is 5.17. The summed E-state index contributed by atoms with van der Waals surface area (Å²) in [6.45, 7) is 3.85. The Hall–Kier alpha value is -0.710. The lowest BCUT2D eigenvalue weighted by atomic mass is 10.1. The van der Waals surface area contributed by atoms with Gasteiger partial charge in [0, 0.05) is 19.5 Å². The van der Waals surface area contributed by atoms with Crippen LogP contribution >= 0.6 is 11.3 Å². The zero-order valence-electron chi connectivity index (χ0n) is 8.65. The highest BCUT2D eigenvalue weighted by Gasteiger charge is 2.14. The maximum Gasteiger partial charge on any atom is 0.151 e. The second-order valence-corrected chi connectivity index (χ2v) is 4.52. The van der Waals surface area contributed by atoms with E-state index in [4.69, 9.17) is 4.74 Å². The largest absolute Gasteiger partial charge is 0.379 e. The van der Waals surface area contributed by atoms with E-state index in [1.807, 2.05) is 16.8 Å². The van der Waals surface area contributed by atoms with Gasteiger partial charge in [0.25, 0.3) is 0 Å². The minimum absolute atomic E-state index is 0.301. The van der Waals surface area contributed by atoms with Crippen LogP contribution in [0.5, 0.6) is 0 Å². The summed E-state index contributed by atoms with van der Waals surface area (Å²) in [6, 6.07) is 2.02. The summed E-state index contributed by atoms with van der Waals surface area (Å²) in [5.74, 6) is 0.301. The number of thiophene rings is 1. The van der Waals surface area contributed by atoms with Crippen LogP contribution in [0.1, 0.15) is 5.56 Å². The zero-order valence-corrected chi connectivity index (χ0v) is 9.46. The van der Waals surface area contributed by atoms with Gasteiger partial charge in [-0.25, -0.2) is 0 Å². The van der Waals surface area contributed by atoms with Crippen molar-refractivity contribution < 1.29 is 9.53 Å². The van der Waals surface area contributed by atoms with E-state index in [0.717, 1.165) is 31.9 Å². The summed E-state index contributed by atoms with van der Waals surface area (Å²) >= 11 is 1.64. The number of carbonyl (C=O) groups excluding carboxylic acids is 1. The maximum atomic E-state index is 11.7. The van der Waals surface area contributed by atoms with Gasteiger partial charge in [-0.15, -0.1) is 0 Å². The molecule has 0 N–H and O–H groups in total. The number of Topliss-reactive ketones (excluding diaryl/α,β-unsaturated/α-hetero) is 1. The molecule has 0 aliphatic carbocycles. The number of hydrogen-bond acceptors (Lipinski definition) is 4. The lowest BCUT2D eigenvalue weighted by molar-refractivity contribution is -0.120. The standard InChI is InChI=1S/C11H15NO2S/c13-11(7-10-1-6-15-9-10)8-12-2-4-14-5-3-12/h1,6,9H,2-5,7-8H2. The lowest BCUT2D eigenvalue weighted by Crippen LogP contribution is -2.39. The minimum Gasteiger partial charge on any atom is -0.379 e.